The standard InChI is InChI=1S/C16H19N3O4/c1-9(2)7-12(20)18-10(3)15-13(16(21)22)14(19-23-15)11-5-4-6-17-8-11/h4-6,8-10H,7H2,1-3H3,(H,18,20)(H,21,22). The number of hydrogen-bond donors (Lipinski definition) is 2. The molecule has 0 aliphatic heterocycles. The first-order valence-electron chi connectivity index (χ1n) is 7.32. The second kappa shape index (κ2) is 7.04. The molecule has 2 aromatic rings. The summed E-state index contributed by atoms with van der Waals surface area (Å²) in [6, 6.07) is 2.79. The number of carbonyl (C=O) groups excluding carboxylic acids is 1. The Kier molecular flexibility index (Phi) is 5.10. The molecular formula is C16H19N3O4. The molecule has 0 aliphatic carbocycles. The third kappa shape index (κ3) is 3.94. The molecule has 2 rings (SSSR count). The maximum atomic E-state index is 11.9. The molecule has 122 valence electrons. The molecule has 2 heterocycles. The van der Waals surface area contributed by atoms with Crippen LogP contribution in [0.1, 0.15) is 49.4 Å². The second-order valence-electron chi connectivity index (χ2n) is 5.70. The molecule has 0 saturated heterocycles. The van der Waals surface area contributed by atoms with Crippen LogP contribution < -0.4 is 5.32 Å². The van der Waals surface area contributed by atoms with Crippen molar-refractivity contribution in [2.75, 3.05) is 0 Å². The molecule has 0 radical (unpaired) electrons. The van der Waals surface area contributed by atoms with E-state index in [2.05, 4.69) is 15.5 Å². The fourth-order valence-corrected chi connectivity index (χ4v) is 2.24. The Morgan fingerprint density at radius 1 is 1.35 bits per heavy atom. The van der Waals surface area contributed by atoms with Crippen LogP contribution in [0, 0.1) is 5.92 Å². The van der Waals surface area contributed by atoms with Crippen LogP contribution in [0.5, 0.6) is 0 Å². The summed E-state index contributed by atoms with van der Waals surface area (Å²) in [5, 5.41) is 16.1. The lowest BCUT2D eigenvalue weighted by Gasteiger charge is -2.13. The highest BCUT2D eigenvalue weighted by Crippen LogP contribution is 2.28. The lowest BCUT2D eigenvalue weighted by Crippen LogP contribution is -2.28. The summed E-state index contributed by atoms with van der Waals surface area (Å²) in [7, 11) is 0. The van der Waals surface area contributed by atoms with Gasteiger partial charge in [0.1, 0.15) is 11.3 Å². The molecule has 23 heavy (non-hydrogen) atoms. The van der Waals surface area contributed by atoms with E-state index in [9.17, 15) is 14.7 Å². The summed E-state index contributed by atoms with van der Waals surface area (Å²) in [6.07, 6.45) is 3.45. The Bertz CT molecular complexity index is 695. The largest absolute Gasteiger partial charge is 0.477 e. The van der Waals surface area contributed by atoms with Crippen molar-refractivity contribution in [3.05, 3.63) is 35.9 Å². The molecule has 7 nitrogen and oxygen atoms in total. The van der Waals surface area contributed by atoms with Gasteiger partial charge in [-0.05, 0) is 25.0 Å². The summed E-state index contributed by atoms with van der Waals surface area (Å²) in [5.41, 5.74) is 0.682. The average molecular weight is 317 g/mol. The van der Waals surface area contributed by atoms with Crippen molar-refractivity contribution >= 4 is 11.9 Å². The molecule has 0 spiro atoms. The molecule has 0 saturated carbocycles. The first-order valence-corrected chi connectivity index (χ1v) is 7.32. The monoisotopic (exact) mass is 317 g/mol. The van der Waals surface area contributed by atoms with Crippen LogP contribution in [0.3, 0.4) is 0 Å². The zero-order valence-corrected chi connectivity index (χ0v) is 13.2. The van der Waals surface area contributed by atoms with Gasteiger partial charge < -0.3 is 14.9 Å². The molecule has 0 fully saturated rings. The van der Waals surface area contributed by atoms with Gasteiger partial charge in [-0.1, -0.05) is 19.0 Å². The molecule has 1 unspecified atom stereocenters. The van der Waals surface area contributed by atoms with E-state index >= 15 is 0 Å². The lowest BCUT2D eigenvalue weighted by atomic mass is 10.0. The number of rotatable bonds is 6. The summed E-state index contributed by atoms with van der Waals surface area (Å²) < 4.78 is 5.21. The Balaban J connectivity index is 2.31. The minimum atomic E-state index is -1.16. The smallest absolute Gasteiger partial charge is 0.341 e. The quantitative estimate of drug-likeness (QED) is 0.848. The van der Waals surface area contributed by atoms with Gasteiger partial charge in [0, 0.05) is 24.4 Å². The number of aromatic nitrogens is 2. The van der Waals surface area contributed by atoms with Crippen LogP contribution in [0.15, 0.2) is 29.0 Å². The van der Waals surface area contributed by atoms with Crippen molar-refractivity contribution in [3.8, 4) is 11.3 Å². The van der Waals surface area contributed by atoms with Gasteiger partial charge in [-0.25, -0.2) is 4.79 Å². The highest BCUT2D eigenvalue weighted by atomic mass is 16.5. The average Bonchev–Trinajstić information content (AvgIpc) is 2.92. The Labute approximate surface area is 133 Å². The Morgan fingerprint density at radius 2 is 2.09 bits per heavy atom. The highest BCUT2D eigenvalue weighted by molar-refractivity contribution is 5.96. The predicted molar refractivity (Wildman–Crippen MR) is 82.7 cm³/mol. The number of amides is 1. The van der Waals surface area contributed by atoms with E-state index in [1.807, 2.05) is 13.8 Å². The minimum absolute atomic E-state index is 0.0599. The van der Waals surface area contributed by atoms with Crippen LogP contribution in [0.4, 0.5) is 0 Å². The van der Waals surface area contributed by atoms with Crippen LogP contribution >= 0.6 is 0 Å². The van der Waals surface area contributed by atoms with Gasteiger partial charge in [0.15, 0.2) is 5.76 Å². The maximum absolute atomic E-state index is 11.9. The highest BCUT2D eigenvalue weighted by Gasteiger charge is 2.28. The minimum Gasteiger partial charge on any atom is -0.477 e. The Morgan fingerprint density at radius 3 is 2.65 bits per heavy atom. The fraction of sp³-hybridized carbons (Fsp3) is 0.375. The first-order chi connectivity index (χ1) is 10.9. The summed E-state index contributed by atoms with van der Waals surface area (Å²) in [6.45, 7) is 5.53. The van der Waals surface area contributed by atoms with Crippen LogP contribution in [0.25, 0.3) is 11.3 Å². The van der Waals surface area contributed by atoms with Crippen molar-refractivity contribution in [3.63, 3.8) is 0 Å². The van der Waals surface area contributed by atoms with E-state index in [1.54, 1.807) is 25.3 Å². The molecule has 2 N–H and O–H groups in total. The summed E-state index contributed by atoms with van der Waals surface area (Å²) in [5.74, 6) is -0.997. The van der Waals surface area contributed by atoms with Crippen molar-refractivity contribution in [2.45, 2.75) is 33.2 Å². The van der Waals surface area contributed by atoms with Gasteiger partial charge in [0.05, 0.1) is 6.04 Å². The van der Waals surface area contributed by atoms with E-state index in [1.165, 1.54) is 6.20 Å². The molecule has 2 aromatic heterocycles. The fourth-order valence-electron chi connectivity index (χ4n) is 2.24. The molecular weight excluding hydrogens is 298 g/mol. The number of pyridine rings is 1. The topological polar surface area (TPSA) is 105 Å². The Hall–Kier alpha value is -2.70. The molecule has 1 atom stereocenters. The van der Waals surface area contributed by atoms with E-state index in [0.29, 0.717) is 12.0 Å². The zero-order valence-electron chi connectivity index (χ0n) is 13.2. The molecule has 1 amide bonds. The summed E-state index contributed by atoms with van der Waals surface area (Å²) in [4.78, 5) is 27.4. The number of nitrogens with zero attached hydrogens (tertiary/aromatic N) is 2. The molecule has 0 aromatic carbocycles. The first kappa shape index (κ1) is 16.7. The van der Waals surface area contributed by atoms with Crippen molar-refractivity contribution in [2.24, 2.45) is 5.92 Å². The molecule has 0 aliphatic rings. The number of nitrogens with one attached hydrogen (secondary N) is 1. The number of hydrogen-bond acceptors (Lipinski definition) is 5. The van der Waals surface area contributed by atoms with Crippen LogP contribution in [-0.2, 0) is 4.79 Å². The van der Waals surface area contributed by atoms with E-state index < -0.39 is 12.0 Å². The van der Waals surface area contributed by atoms with Gasteiger partial charge >= 0.3 is 5.97 Å². The van der Waals surface area contributed by atoms with Gasteiger partial charge in [-0.15, -0.1) is 0 Å². The van der Waals surface area contributed by atoms with Crippen LogP contribution in [-0.4, -0.2) is 27.1 Å². The normalized spacial score (nSPS) is 12.2. The predicted octanol–water partition coefficient (Wildman–Crippen LogP) is 2.66. The van der Waals surface area contributed by atoms with E-state index in [-0.39, 0.29) is 28.8 Å². The third-order valence-corrected chi connectivity index (χ3v) is 3.23. The van der Waals surface area contributed by atoms with Gasteiger partial charge in [0.25, 0.3) is 0 Å². The summed E-state index contributed by atoms with van der Waals surface area (Å²) >= 11 is 0. The van der Waals surface area contributed by atoms with Crippen molar-refractivity contribution in [1.82, 2.24) is 15.5 Å². The lowest BCUT2D eigenvalue weighted by molar-refractivity contribution is -0.122. The van der Waals surface area contributed by atoms with Crippen molar-refractivity contribution < 1.29 is 19.2 Å². The molecule has 7 heteroatoms. The van der Waals surface area contributed by atoms with Crippen molar-refractivity contribution in [1.29, 1.82) is 0 Å². The SMILES string of the molecule is CC(C)CC(=O)NC(C)c1onc(-c2cccnc2)c1C(=O)O. The maximum Gasteiger partial charge on any atom is 0.341 e. The van der Waals surface area contributed by atoms with Gasteiger partial charge in [-0.3, -0.25) is 9.78 Å². The van der Waals surface area contributed by atoms with Crippen LogP contribution in [0.2, 0.25) is 0 Å². The number of aromatic carboxylic acids is 1. The second-order valence-corrected chi connectivity index (χ2v) is 5.70. The molecule has 0 bridgehead atoms. The third-order valence-electron chi connectivity index (χ3n) is 3.23. The van der Waals surface area contributed by atoms with E-state index in [4.69, 9.17) is 4.52 Å². The van der Waals surface area contributed by atoms with Gasteiger partial charge in [0.2, 0.25) is 5.91 Å². The zero-order chi connectivity index (χ0) is 17.0. The van der Waals surface area contributed by atoms with Gasteiger partial charge in [-0.2, -0.15) is 0 Å². The number of carboxylic acids is 1. The number of carbonyl (C=O) groups is 2. The number of carboxylic acid groups (broad SMARTS) is 1. The van der Waals surface area contributed by atoms with E-state index in [0.717, 1.165) is 0 Å².